The number of rotatable bonds is 5. The number of anilines is 1. The van der Waals surface area contributed by atoms with E-state index in [4.69, 9.17) is 11.6 Å². The van der Waals surface area contributed by atoms with E-state index >= 15 is 0 Å². The lowest BCUT2D eigenvalue weighted by molar-refractivity contribution is 0.591. The molecule has 0 spiro atoms. The number of benzene rings is 1. The maximum atomic E-state index is 12.0. The summed E-state index contributed by atoms with van der Waals surface area (Å²) >= 11 is 6.26. The highest BCUT2D eigenvalue weighted by Crippen LogP contribution is 2.27. The van der Waals surface area contributed by atoms with Crippen molar-refractivity contribution < 1.29 is 8.42 Å². The maximum absolute atomic E-state index is 12.0. The van der Waals surface area contributed by atoms with Crippen molar-refractivity contribution in [2.45, 2.75) is 37.9 Å². The zero-order chi connectivity index (χ0) is 19.1. The van der Waals surface area contributed by atoms with Crippen molar-refractivity contribution in [1.29, 1.82) is 0 Å². The van der Waals surface area contributed by atoms with Gasteiger partial charge in [-0.25, -0.2) is 8.42 Å². The van der Waals surface area contributed by atoms with E-state index in [1.54, 1.807) is 12.3 Å². The highest BCUT2D eigenvalue weighted by atomic mass is 35.5. The van der Waals surface area contributed by atoms with E-state index in [9.17, 15) is 8.42 Å². The van der Waals surface area contributed by atoms with Crippen LogP contribution in [0.5, 0.6) is 0 Å². The van der Waals surface area contributed by atoms with Crippen molar-refractivity contribution in [1.82, 2.24) is 19.6 Å². The van der Waals surface area contributed by atoms with Crippen LogP contribution in [0.2, 0.25) is 5.02 Å². The van der Waals surface area contributed by atoms with E-state index in [1.807, 2.05) is 39.0 Å². The first kappa shape index (κ1) is 18.6. The van der Waals surface area contributed by atoms with Crippen LogP contribution in [0.3, 0.4) is 0 Å². The van der Waals surface area contributed by atoms with E-state index in [0.29, 0.717) is 16.6 Å². The van der Waals surface area contributed by atoms with Gasteiger partial charge in [0.1, 0.15) is 0 Å². The van der Waals surface area contributed by atoms with Crippen molar-refractivity contribution in [3.05, 3.63) is 46.6 Å². The Morgan fingerprint density at radius 3 is 2.42 bits per heavy atom. The first-order chi connectivity index (χ1) is 12.2. The summed E-state index contributed by atoms with van der Waals surface area (Å²) < 4.78 is 25.6. The van der Waals surface area contributed by atoms with Gasteiger partial charge in [-0.15, -0.1) is 0 Å². The van der Waals surface area contributed by atoms with Crippen molar-refractivity contribution in [2.24, 2.45) is 0 Å². The summed E-state index contributed by atoms with van der Waals surface area (Å²) in [5.74, 6) is 0.443. The second kappa shape index (κ2) is 6.85. The molecular weight excluding hydrogens is 374 g/mol. The maximum Gasteiger partial charge on any atom is 0.252 e. The SMILES string of the molecule is CC(C)c1cnn2c(NC(C)c3ccccc3Cl)nc(S(C)(=O)=O)nc12. The molecule has 0 saturated carbocycles. The fraction of sp³-hybridized carbons (Fsp3) is 0.353. The number of fused-ring (bicyclic) bond motifs is 1. The van der Waals surface area contributed by atoms with Crippen molar-refractivity contribution in [3.8, 4) is 0 Å². The third-order valence-corrected chi connectivity index (χ3v) is 5.24. The number of sulfone groups is 1. The molecular formula is C17H20ClN5O2S. The van der Waals surface area contributed by atoms with Crippen LogP contribution in [-0.4, -0.2) is 34.3 Å². The quantitative estimate of drug-likeness (QED) is 0.713. The van der Waals surface area contributed by atoms with Crippen LogP contribution in [0.25, 0.3) is 5.65 Å². The van der Waals surface area contributed by atoms with Crippen molar-refractivity contribution >= 4 is 33.0 Å². The molecule has 26 heavy (non-hydrogen) atoms. The molecule has 0 aliphatic carbocycles. The molecule has 0 saturated heterocycles. The number of hydrogen-bond donors (Lipinski definition) is 1. The largest absolute Gasteiger partial charge is 0.347 e. The topological polar surface area (TPSA) is 89.2 Å². The summed E-state index contributed by atoms with van der Waals surface area (Å²) in [7, 11) is -3.58. The molecule has 1 unspecified atom stereocenters. The molecule has 0 amide bonds. The molecule has 1 N–H and O–H groups in total. The molecule has 9 heteroatoms. The summed E-state index contributed by atoms with van der Waals surface area (Å²) in [4.78, 5) is 8.41. The van der Waals surface area contributed by atoms with E-state index in [-0.39, 0.29) is 17.1 Å². The third kappa shape index (κ3) is 3.52. The van der Waals surface area contributed by atoms with Crippen LogP contribution in [0.1, 0.15) is 43.9 Å². The summed E-state index contributed by atoms with van der Waals surface area (Å²) in [6, 6.07) is 7.24. The normalized spacial score (nSPS) is 13.3. The lowest BCUT2D eigenvalue weighted by Gasteiger charge is -2.17. The second-order valence-corrected chi connectivity index (χ2v) is 8.80. The smallest absolute Gasteiger partial charge is 0.252 e. The fourth-order valence-electron chi connectivity index (χ4n) is 2.64. The Kier molecular flexibility index (Phi) is 4.90. The average Bonchev–Trinajstić information content (AvgIpc) is 2.98. The molecule has 0 radical (unpaired) electrons. The van der Waals surface area contributed by atoms with Crippen molar-refractivity contribution in [2.75, 3.05) is 11.6 Å². The van der Waals surface area contributed by atoms with Gasteiger partial charge in [0.25, 0.3) is 5.16 Å². The number of halogens is 1. The Hall–Kier alpha value is -2.19. The molecule has 3 aromatic rings. The van der Waals surface area contributed by atoms with Gasteiger partial charge >= 0.3 is 0 Å². The third-order valence-electron chi connectivity index (χ3n) is 4.05. The Morgan fingerprint density at radius 1 is 1.12 bits per heavy atom. The highest BCUT2D eigenvalue weighted by molar-refractivity contribution is 7.90. The molecule has 1 aromatic carbocycles. The van der Waals surface area contributed by atoms with Crippen LogP contribution in [-0.2, 0) is 9.84 Å². The number of nitrogens with one attached hydrogen (secondary N) is 1. The van der Waals surface area contributed by atoms with Gasteiger partial charge in [0, 0.05) is 16.8 Å². The molecule has 3 rings (SSSR count). The van der Waals surface area contributed by atoms with Gasteiger partial charge in [0.2, 0.25) is 15.8 Å². The minimum Gasteiger partial charge on any atom is -0.347 e. The van der Waals surface area contributed by atoms with Crippen LogP contribution in [0, 0.1) is 0 Å². The van der Waals surface area contributed by atoms with Crippen LogP contribution < -0.4 is 5.32 Å². The van der Waals surface area contributed by atoms with Gasteiger partial charge in [-0.1, -0.05) is 43.6 Å². The molecule has 0 aliphatic heterocycles. The van der Waals surface area contributed by atoms with Gasteiger partial charge in [-0.05, 0) is 24.5 Å². The fourth-order valence-corrected chi connectivity index (χ4v) is 3.44. The van der Waals surface area contributed by atoms with Crippen molar-refractivity contribution in [3.63, 3.8) is 0 Å². The van der Waals surface area contributed by atoms with Gasteiger partial charge in [0.15, 0.2) is 5.65 Å². The van der Waals surface area contributed by atoms with Crippen LogP contribution in [0.15, 0.2) is 35.6 Å². The molecule has 0 fully saturated rings. The standard InChI is InChI=1S/C17H20ClN5O2S/c1-10(2)13-9-19-23-15(13)21-17(26(4,24)25)22-16(23)20-11(3)12-7-5-6-8-14(12)18/h5-11H,1-4H3,(H,20,21,22). The average molecular weight is 394 g/mol. The Bertz CT molecular complexity index is 1060. The first-order valence-electron chi connectivity index (χ1n) is 8.15. The number of nitrogens with zero attached hydrogens (tertiary/aromatic N) is 4. The minimum atomic E-state index is -3.58. The molecule has 2 heterocycles. The Balaban J connectivity index is 2.14. The molecule has 7 nitrogen and oxygen atoms in total. The lowest BCUT2D eigenvalue weighted by Crippen LogP contribution is -2.16. The summed E-state index contributed by atoms with van der Waals surface area (Å²) in [5, 5.41) is 7.92. The minimum absolute atomic E-state index is 0.142. The molecule has 1 atom stereocenters. The highest BCUT2D eigenvalue weighted by Gasteiger charge is 2.21. The summed E-state index contributed by atoms with van der Waals surface area (Å²) in [6.45, 7) is 5.92. The molecule has 138 valence electrons. The van der Waals surface area contributed by atoms with Gasteiger partial charge < -0.3 is 5.32 Å². The molecule has 0 aliphatic rings. The summed E-state index contributed by atoms with van der Waals surface area (Å²) in [6.07, 6.45) is 2.78. The van der Waals surface area contributed by atoms with E-state index in [2.05, 4.69) is 20.4 Å². The number of aromatic nitrogens is 4. The van der Waals surface area contributed by atoms with E-state index in [0.717, 1.165) is 17.4 Å². The van der Waals surface area contributed by atoms with E-state index in [1.165, 1.54) is 4.52 Å². The second-order valence-electron chi connectivity index (χ2n) is 6.48. The Labute approximate surface area is 157 Å². The van der Waals surface area contributed by atoms with Gasteiger partial charge in [0.05, 0.1) is 12.2 Å². The lowest BCUT2D eigenvalue weighted by atomic mass is 10.1. The first-order valence-corrected chi connectivity index (χ1v) is 10.4. The Morgan fingerprint density at radius 2 is 1.81 bits per heavy atom. The number of hydrogen-bond acceptors (Lipinski definition) is 6. The predicted octanol–water partition coefficient (Wildman–Crippen LogP) is 3.48. The monoisotopic (exact) mass is 393 g/mol. The summed E-state index contributed by atoms with van der Waals surface area (Å²) in [5.41, 5.74) is 2.20. The van der Waals surface area contributed by atoms with E-state index < -0.39 is 9.84 Å². The van der Waals surface area contributed by atoms with Crippen LogP contribution in [0.4, 0.5) is 5.95 Å². The molecule has 2 aromatic heterocycles. The van der Waals surface area contributed by atoms with Gasteiger partial charge in [-0.3, -0.25) is 0 Å². The van der Waals surface area contributed by atoms with Crippen LogP contribution >= 0.6 is 11.6 Å². The zero-order valence-electron chi connectivity index (χ0n) is 14.9. The zero-order valence-corrected chi connectivity index (χ0v) is 16.5. The van der Waals surface area contributed by atoms with Gasteiger partial charge in [-0.2, -0.15) is 19.6 Å². The molecule has 0 bridgehead atoms. The predicted molar refractivity (Wildman–Crippen MR) is 101 cm³/mol.